The third kappa shape index (κ3) is 4.32. The molecule has 0 fully saturated rings. The van der Waals surface area contributed by atoms with Crippen LogP contribution in [0.15, 0.2) is 77.6 Å². The van der Waals surface area contributed by atoms with Gasteiger partial charge in [0.2, 0.25) is 0 Å². The quantitative estimate of drug-likeness (QED) is 0.464. The maximum absolute atomic E-state index is 13.5. The lowest BCUT2D eigenvalue weighted by atomic mass is 10.0. The number of carbonyl (C=O) groups excluding carboxylic acids is 1. The van der Waals surface area contributed by atoms with Gasteiger partial charge in [-0.05, 0) is 60.3 Å². The standard InChI is InChI=1S/C27H26N2O4/c1-18-21-8-4-5-9-22(21)27(31)29(19-12-14-20(32-2)15-13-19)24(18)16-17-28-26(30)23-10-6-7-11-25(23)33-3/h4-15H,16-17H2,1-3H3,(H,28,30). The number of pyridine rings is 1. The van der Waals surface area contributed by atoms with E-state index in [1.54, 1.807) is 29.9 Å². The summed E-state index contributed by atoms with van der Waals surface area (Å²) in [5.41, 5.74) is 2.99. The Morgan fingerprint density at radius 2 is 1.55 bits per heavy atom. The summed E-state index contributed by atoms with van der Waals surface area (Å²) in [5.74, 6) is 1.02. The minimum atomic E-state index is -0.218. The largest absolute Gasteiger partial charge is 0.497 e. The zero-order valence-electron chi connectivity index (χ0n) is 18.9. The fourth-order valence-corrected chi connectivity index (χ4v) is 4.09. The molecule has 1 N–H and O–H groups in total. The molecule has 6 nitrogen and oxygen atoms in total. The van der Waals surface area contributed by atoms with Gasteiger partial charge in [-0.25, -0.2) is 0 Å². The van der Waals surface area contributed by atoms with Crippen molar-refractivity contribution >= 4 is 16.7 Å². The summed E-state index contributed by atoms with van der Waals surface area (Å²) in [6.07, 6.45) is 0.485. The molecule has 0 aliphatic heterocycles. The van der Waals surface area contributed by atoms with Gasteiger partial charge in [-0.2, -0.15) is 0 Å². The Labute approximate surface area is 192 Å². The molecule has 0 bridgehead atoms. The zero-order valence-corrected chi connectivity index (χ0v) is 18.9. The van der Waals surface area contributed by atoms with Crippen molar-refractivity contribution in [1.29, 1.82) is 0 Å². The molecule has 0 saturated carbocycles. The number of nitrogens with one attached hydrogen (secondary N) is 1. The van der Waals surface area contributed by atoms with Gasteiger partial charge in [0.25, 0.3) is 11.5 Å². The summed E-state index contributed by atoms with van der Waals surface area (Å²) in [4.78, 5) is 26.2. The van der Waals surface area contributed by atoms with Gasteiger partial charge in [-0.1, -0.05) is 30.3 Å². The van der Waals surface area contributed by atoms with Crippen LogP contribution in [0.4, 0.5) is 0 Å². The van der Waals surface area contributed by atoms with Gasteiger partial charge in [-0.3, -0.25) is 14.2 Å². The zero-order chi connectivity index (χ0) is 23.4. The number of hydrogen-bond acceptors (Lipinski definition) is 4. The first kappa shape index (κ1) is 22.1. The first-order valence-corrected chi connectivity index (χ1v) is 10.7. The minimum Gasteiger partial charge on any atom is -0.497 e. The normalized spacial score (nSPS) is 10.8. The van der Waals surface area contributed by atoms with Gasteiger partial charge >= 0.3 is 0 Å². The minimum absolute atomic E-state index is 0.0904. The van der Waals surface area contributed by atoms with Crippen molar-refractivity contribution < 1.29 is 14.3 Å². The number of ether oxygens (including phenoxy) is 2. The van der Waals surface area contributed by atoms with Crippen molar-refractivity contribution in [3.63, 3.8) is 0 Å². The van der Waals surface area contributed by atoms with E-state index >= 15 is 0 Å². The molecule has 6 heteroatoms. The number of para-hydroxylation sites is 1. The van der Waals surface area contributed by atoms with Gasteiger partial charge in [0.1, 0.15) is 11.5 Å². The number of methoxy groups -OCH3 is 2. The van der Waals surface area contributed by atoms with Crippen LogP contribution in [0.5, 0.6) is 11.5 Å². The third-order valence-corrected chi connectivity index (χ3v) is 5.80. The fourth-order valence-electron chi connectivity index (χ4n) is 4.09. The van der Waals surface area contributed by atoms with Crippen molar-refractivity contribution in [3.05, 3.63) is 100.0 Å². The Morgan fingerprint density at radius 3 is 2.24 bits per heavy atom. The number of hydrogen-bond donors (Lipinski definition) is 1. The molecule has 0 spiro atoms. The molecule has 0 atom stereocenters. The van der Waals surface area contributed by atoms with Gasteiger partial charge in [0, 0.05) is 29.7 Å². The second-order valence-corrected chi connectivity index (χ2v) is 7.66. The van der Waals surface area contributed by atoms with E-state index in [9.17, 15) is 9.59 Å². The highest BCUT2D eigenvalue weighted by molar-refractivity contribution is 5.96. The van der Waals surface area contributed by atoms with Crippen LogP contribution in [-0.2, 0) is 6.42 Å². The number of rotatable bonds is 7. The van der Waals surface area contributed by atoms with Crippen LogP contribution < -0.4 is 20.3 Å². The van der Waals surface area contributed by atoms with Gasteiger partial charge in [0.15, 0.2) is 0 Å². The van der Waals surface area contributed by atoms with Crippen LogP contribution in [0.2, 0.25) is 0 Å². The topological polar surface area (TPSA) is 69.6 Å². The lowest BCUT2D eigenvalue weighted by Crippen LogP contribution is -2.29. The van der Waals surface area contributed by atoms with Gasteiger partial charge in [-0.15, -0.1) is 0 Å². The molecule has 0 radical (unpaired) electrons. The van der Waals surface area contributed by atoms with Crippen LogP contribution in [0.25, 0.3) is 16.5 Å². The van der Waals surface area contributed by atoms with E-state index in [-0.39, 0.29) is 11.5 Å². The molecule has 4 aromatic rings. The molecule has 0 saturated heterocycles. The summed E-state index contributed by atoms with van der Waals surface area (Å²) in [5, 5.41) is 4.53. The van der Waals surface area contributed by atoms with E-state index in [0.717, 1.165) is 28.1 Å². The molecule has 0 unspecified atom stereocenters. The monoisotopic (exact) mass is 442 g/mol. The molecule has 33 heavy (non-hydrogen) atoms. The predicted molar refractivity (Wildman–Crippen MR) is 130 cm³/mol. The number of nitrogens with zero attached hydrogens (tertiary/aromatic N) is 1. The van der Waals surface area contributed by atoms with E-state index in [1.165, 1.54) is 7.11 Å². The van der Waals surface area contributed by atoms with Crippen LogP contribution in [0, 0.1) is 6.92 Å². The number of aromatic nitrogens is 1. The van der Waals surface area contributed by atoms with E-state index in [4.69, 9.17) is 9.47 Å². The highest BCUT2D eigenvalue weighted by Gasteiger charge is 2.16. The molecular formula is C27H26N2O4. The van der Waals surface area contributed by atoms with Crippen molar-refractivity contribution in [3.8, 4) is 17.2 Å². The molecule has 3 aromatic carbocycles. The Kier molecular flexibility index (Phi) is 6.45. The van der Waals surface area contributed by atoms with E-state index < -0.39 is 0 Å². The fraction of sp³-hybridized carbons (Fsp3) is 0.185. The molecular weight excluding hydrogens is 416 g/mol. The van der Waals surface area contributed by atoms with Gasteiger partial charge < -0.3 is 14.8 Å². The summed E-state index contributed by atoms with van der Waals surface area (Å²) in [6, 6.07) is 22.1. The predicted octanol–water partition coefficient (Wildman–Crippen LogP) is 4.29. The highest BCUT2D eigenvalue weighted by atomic mass is 16.5. The smallest absolute Gasteiger partial charge is 0.263 e. The van der Waals surface area contributed by atoms with Crippen LogP contribution in [0.1, 0.15) is 21.6 Å². The van der Waals surface area contributed by atoms with E-state index in [0.29, 0.717) is 29.7 Å². The molecule has 1 aromatic heterocycles. The lowest BCUT2D eigenvalue weighted by molar-refractivity contribution is 0.0951. The maximum Gasteiger partial charge on any atom is 0.263 e. The van der Waals surface area contributed by atoms with Crippen molar-refractivity contribution in [2.75, 3.05) is 20.8 Å². The van der Waals surface area contributed by atoms with Crippen molar-refractivity contribution in [2.45, 2.75) is 13.3 Å². The van der Waals surface area contributed by atoms with E-state index in [1.807, 2.05) is 61.5 Å². The number of aryl methyl sites for hydroxylation is 1. The maximum atomic E-state index is 13.5. The number of amides is 1. The van der Waals surface area contributed by atoms with Gasteiger partial charge in [0.05, 0.1) is 19.8 Å². The highest BCUT2D eigenvalue weighted by Crippen LogP contribution is 2.23. The molecule has 168 valence electrons. The average molecular weight is 443 g/mol. The van der Waals surface area contributed by atoms with Crippen molar-refractivity contribution in [1.82, 2.24) is 9.88 Å². The SMILES string of the molecule is COc1ccc(-n2c(CCNC(=O)c3ccccc3OC)c(C)c3ccccc3c2=O)cc1. The Balaban J connectivity index is 1.70. The molecule has 1 heterocycles. The summed E-state index contributed by atoms with van der Waals surface area (Å²) < 4.78 is 12.3. The van der Waals surface area contributed by atoms with Crippen LogP contribution in [0.3, 0.4) is 0 Å². The second-order valence-electron chi connectivity index (χ2n) is 7.66. The number of carbonyl (C=O) groups is 1. The van der Waals surface area contributed by atoms with Crippen LogP contribution in [-0.4, -0.2) is 31.2 Å². The average Bonchev–Trinajstić information content (AvgIpc) is 2.87. The second kappa shape index (κ2) is 9.61. The molecule has 1 amide bonds. The first-order chi connectivity index (χ1) is 16.0. The molecule has 0 aliphatic carbocycles. The Bertz CT molecular complexity index is 1360. The molecule has 4 rings (SSSR count). The number of benzene rings is 3. The lowest BCUT2D eigenvalue weighted by Gasteiger charge is -2.19. The summed E-state index contributed by atoms with van der Waals surface area (Å²) >= 11 is 0. The van der Waals surface area contributed by atoms with Crippen LogP contribution >= 0.6 is 0 Å². The third-order valence-electron chi connectivity index (χ3n) is 5.80. The number of fused-ring (bicyclic) bond motifs is 1. The van der Waals surface area contributed by atoms with E-state index in [2.05, 4.69) is 5.32 Å². The summed E-state index contributed by atoms with van der Waals surface area (Å²) in [6.45, 7) is 2.38. The first-order valence-electron chi connectivity index (χ1n) is 10.7. The summed E-state index contributed by atoms with van der Waals surface area (Å²) in [7, 11) is 3.15. The molecule has 0 aliphatic rings. The van der Waals surface area contributed by atoms with Crippen molar-refractivity contribution in [2.24, 2.45) is 0 Å². The Morgan fingerprint density at radius 1 is 0.879 bits per heavy atom. The Hall–Kier alpha value is -4.06.